The predicted molar refractivity (Wildman–Crippen MR) is 42.6 cm³/mol. The van der Waals surface area contributed by atoms with Crippen LogP contribution >= 0.6 is 0 Å². The van der Waals surface area contributed by atoms with Gasteiger partial charge in [-0.2, -0.15) is 8.78 Å². The fourth-order valence-electron chi connectivity index (χ4n) is 1.50. The first-order valence-corrected chi connectivity index (χ1v) is 4.23. The van der Waals surface area contributed by atoms with Gasteiger partial charge < -0.3 is 9.64 Å². The van der Waals surface area contributed by atoms with Crippen LogP contribution in [-0.2, 0) is 9.53 Å². The molecule has 5 heteroatoms. The highest BCUT2D eigenvalue weighted by Crippen LogP contribution is 2.12. The van der Waals surface area contributed by atoms with Gasteiger partial charge in [-0.15, -0.1) is 0 Å². The second-order valence-corrected chi connectivity index (χ2v) is 3.30. The summed E-state index contributed by atoms with van der Waals surface area (Å²) in [6.07, 6.45) is -3.23. The monoisotopic (exact) mass is 193 g/mol. The van der Waals surface area contributed by atoms with E-state index in [1.165, 1.54) is 0 Å². The molecule has 1 rings (SSSR count). The maximum absolute atomic E-state index is 12.0. The summed E-state index contributed by atoms with van der Waals surface area (Å²) in [5, 5.41) is 0. The fourth-order valence-corrected chi connectivity index (χ4v) is 1.50. The summed E-state index contributed by atoms with van der Waals surface area (Å²) in [5.74, 6) is -1.10. The minimum absolute atomic E-state index is 0.161. The number of morpholine rings is 1. The zero-order chi connectivity index (χ0) is 10.0. The van der Waals surface area contributed by atoms with E-state index in [9.17, 15) is 13.6 Å². The van der Waals surface area contributed by atoms with Crippen LogP contribution in [0.2, 0.25) is 0 Å². The van der Waals surface area contributed by atoms with Gasteiger partial charge in [0, 0.05) is 13.1 Å². The van der Waals surface area contributed by atoms with Gasteiger partial charge in [0.05, 0.1) is 12.2 Å². The third-order valence-electron chi connectivity index (χ3n) is 1.92. The van der Waals surface area contributed by atoms with Crippen LogP contribution in [0.15, 0.2) is 0 Å². The number of halogens is 2. The second-order valence-electron chi connectivity index (χ2n) is 3.30. The zero-order valence-corrected chi connectivity index (χ0v) is 7.67. The Morgan fingerprint density at radius 2 is 1.85 bits per heavy atom. The van der Waals surface area contributed by atoms with E-state index in [4.69, 9.17) is 4.74 Å². The summed E-state index contributed by atoms with van der Waals surface area (Å²) >= 11 is 0. The van der Waals surface area contributed by atoms with E-state index in [-0.39, 0.29) is 25.3 Å². The quantitative estimate of drug-likeness (QED) is 0.619. The largest absolute Gasteiger partial charge is 0.372 e. The highest BCUT2D eigenvalue weighted by atomic mass is 19.3. The molecule has 1 amide bonds. The minimum Gasteiger partial charge on any atom is -0.372 e. The Hall–Kier alpha value is -0.710. The minimum atomic E-state index is -2.91. The van der Waals surface area contributed by atoms with Crippen molar-refractivity contribution < 1.29 is 18.3 Å². The number of hydrogen-bond donors (Lipinski definition) is 0. The topological polar surface area (TPSA) is 29.5 Å². The molecule has 0 aromatic rings. The SMILES string of the molecule is C[C@@H]1CN(C(=O)C(F)F)C[C@H](C)O1. The molecule has 0 saturated carbocycles. The molecule has 0 N–H and O–H groups in total. The summed E-state index contributed by atoms with van der Waals surface area (Å²) < 4.78 is 29.4. The first-order chi connectivity index (χ1) is 6.00. The number of amides is 1. The van der Waals surface area contributed by atoms with Crippen LogP contribution < -0.4 is 0 Å². The molecule has 0 aromatic heterocycles. The molecule has 0 radical (unpaired) electrons. The number of hydrogen-bond acceptors (Lipinski definition) is 2. The number of nitrogens with zero attached hydrogens (tertiary/aromatic N) is 1. The number of carbonyl (C=O) groups is 1. The number of ether oxygens (including phenoxy) is 1. The van der Waals surface area contributed by atoms with Crippen molar-refractivity contribution in [2.24, 2.45) is 0 Å². The lowest BCUT2D eigenvalue weighted by atomic mass is 10.2. The molecule has 1 saturated heterocycles. The van der Waals surface area contributed by atoms with Crippen molar-refractivity contribution in [2.45, 2.75) is 32.5 Å². The molecule has 0 aromatic carbocycles. The van der Waals surface area contributed by atoms with Crippen LogP contribution in [0.3, 0.4) is 0 Å². The summed E-state index contributed by atoms with van der Waals surface area (Å²) in [6.45, 7) is 4.05. The van der Waals surface area contributed by atoms with Crippen LogP contribution in [0, 0.1) is 0 Å². The predicted octanol–water partition coefficient (Wildman–Crippen LogP) is 0.887. The van der Waals surface area contributed by atoms with Crippen molar-refractivity contribution in [1.82, 2.24) is 4.90 Å². The van der Waals surface area contributed by atoms with Crippen molar-refractivity contribution in [3.05, 3.63) is 0 Å². The lowest BCUT2D eigenvalue weighted by molar-refractivity contribution is -0.154. The van der Waals surface area contributed by atoms with E-state index >= 15 is 0 Å². The molecule has 0 unspecified atom stereocenters. The van der Waals surface area contributed by atoms with Gasteiger partial charge in [-0.3, -0.25) is 4.79 Å². The lowest BCUT2D eigenvalue weighted by Gasteiger charge is -2.35. The first kappa shape index (κ1) is 10.4. The normalized spacial score (nSPS) is 29.5. The van der Waals surface area contributed by atoms with E-state index in [0.717, 1.165) is 4.90 Å². The Morgan fingerprint density at radius 1 is 1.38 bits per heavy atom. The van der Waals surface area contributed by atoms with Crippen LogP contribution in [0.25, 0.3) is 0 Å². The zero-order valence-electron chi connectivity index (χ0n) is 7.67. The Labute approximate surface area is 75.7 Å². The molecule has 1 fully saturated rings. The molecule has 76 valence electrons. The van der Waals surface area contributed by atoms with Gasteiger partial charge in [0.15, 0.2) is 0 Å². The summed E-state index contributed by atoms with van der Waals surface area (Å²) in [4.78, 5) is 12.1. The average molecular weight is 193 g/mol. The van der Waals surface area contributed by atoms with E-state index in [2.05, 4.69) is 0 Å². The molecular formula is C8H13F2NO2. The number of alkyl halides is 2. The maximum atomic E-state index is 12.0. The van der Waals surface area contributed by atoms with Crippen molar-refractivity contribution in [2.75, 3.05) is 13.1 Å². The smallest absolute Gasteiger partial charge is 0.315 e. The van der Waals surface area contributed by atoms with Crippen LogP contribution in [0.4, 0.5) is 8.78 Å². The molecule has 13 heavy (non-hydrogen) atoms. The molecule has 0 bridgehead atoms. The molecule has 0 spiro atoms. The van der Waals surface area contributed by atoms with Crippen molar-refractivity contribution in [3.8, 4) is 0 Å². The van der Waals surface area contributed by atoms with Crippen LogP contribution in [-0.4, -0.2) is 42.5 Å². The fraction of sp³-hybridized carbons (Fsp3) is 0.875. The van der Waals surface area contributed by atoms with Gasteiger partial charge in [0.1, 0.15) is 0 Å². The first-order valence-electron chi connectivity index (χ1n) is 4.23. The van der Waals surface area contributed by atoms with Gasteiger partial charge in [0.2, 0.25) is 0 Å². The molecule has 1 aliphatic heterocycles. The summed E-state index contributed by atoms with van der Waals surface area (Å²) in [5.41, 5.74) is 0. The average Bonchev–Trinajstić information content (AvgIpc) is 2.01. The number of rotatable bonds is 1. The molecule has 3 nitrogen and oxygen atoms in total. The highest BCUT2D eigenvalue weighted by molar-refractivity contribution is 5.79. The summed E-state index contributed by atoms with van der Waals surface area (Å²) in [6, 6.07) is 0. The molecule has 0 aliphatic carbocycles. The summed E-state index contributed by atoms with van der Waals surface area (Å²) in [7, 11) is 0. The van der Waals surface area contributed by atoms with Gasteiger partial charge in [-0.05, 0) is 13.8 Å². The van der Waals surface area contributed by atoms with Crippen LogP contribution in [0.5, 0.6) is 0 Å². The molecular weight excluding hydrogens is 180 g/mol. The third-order valence-corrected chi connectivity index (χ3v) is 1.92. The van der Waals surface area contributed by atoms with E-state index in [1.54, 1.807) is 13.8 Å². The Kier molecular flexibility index (Phi) is 3.19. The standard InChI is InChI=1S/C8H13F2NO2/c1-5-3-11(4-6(2)13-5)8(12)7(9)10/h5-7H,3-4H2,1-2H3/t5-,6+. The van der Waals surface area contributed by atoms with E-state index in [0.29, 0.717) is 0 Å². The molecule has 1 heterocycles. The highest BCUT2D eigenvalue weighted by Gasteiger charge is 2.30. The molecule has 1 aliphatic rings. The van der Waals surface area contributed by atoms with E-state index in [1.807, 2.05) is 0 Å². The van der Waals surface area contributed by atoms with Gasteiger partial charge in [0.25, 0.3) is 5.91 Å². The van der Waals surface area contributed by atoms with Crippen molar-refractivity contribution >= 4 is 5.91 Å². The third kappa shape index (κ3) is 2.62. The Bertz CT molecular complexity index is 189. The maximum Gasteiger partial charge on any atom is 0.315 e. The van der Waals surface area contributed by atoms with Crippen LogP contribution in [0.1, 0.15) is 13.8 Å². The van der Waals surface area contributed by atoms with Gasteiger partial charge >= 0.3 is 6.43 Å². The second kappa shape index (κ2) is 4.00. The van der Waals surface area contributed by atoms with E-state index < -0.39 is 12.3 Å². The van der Waals surface area contributed by atoms with Gasteiger partial charge in [-0.25, -0.2) is 0 Å². The Balaban J connectivity index is 2.55. The molecule has 2 atom stereocenters. The van der Waals surface area contributed by atoms with Gasteiger partial charge in [-0.1, -0.05) is 0 Å². The van der Waals surface area contributed by atoms with Crippen molar-refractivity contribution in [3.63, 3.8) is 0 Å². The lowest BCUT2D eigenvalue weighted by Crippen LogP contribution is -2.50. The Morgan fingerprint density at radius 3 is 2.23 bits per heavy atom. The number of carbonyl (C=O) groups excluding carboxylic acids is 1. The van der Waals surface area contributed by atoms with Crippen molar-refractivity contribution in [1.29, 1.82) is 0 Å².